The lowest BCUT2D eigenvalue weighted by Gasteiger charge is -2.59. The Bertz CT molecular complexity index is 749. The topological polar surface area (TPSA) is 41.5 Å². The Kier molecular flexibility index (Phi) is 4.44. The first kappa shape index (κ1) is 20.2. The van der Waals surface area contributed by atoms with Crippen molar-refractivity contribution in [2.75, 3.05) is 6.54 Å². The monoisotopic (exact) mass is 413 g/mol. The predicted octanol–water partition coefficient (Wildman–Crippen LogP) is 5.08. The molecule has 3 heteroatoms. The number of hydrogen-bond acceptors (Lipinski definition) is 3. The zero-order chi connectivity index (χ0) is 20.9. The highest BCUT2D eigenvalue weighted by atomic mass is 16.5. The van der Waals surface area contributed by atoms with Crippen molar-refractivity contribution in [3.8, 4) is 0 Å². The molecule has 0 aromatic carbocycles. The maximum absolute atomic E-state index is 10.3. The molecule has 2 heterocycles. The van der Waals surface area contributed by atoms with Crippen molar-refractivity contribution in [1.29, 1.82) is 0 Å². The highest BCUT2D eigenvalue weighted by molar-refractivity contribution is 5.27. The van der Waals surface area contributed by atoms with E-state index in [1.165, 1.54) is 44.9 Å². The summed E-state index contributed by atoms with van der Waals surface area (Å²) in [6.45, 7) is 11.2. The first-order valence-corrected chi connectivity index (χ1v) is 13.1. The van der Waals surface area contributed by atoms with Crippen LogP contribution in [0.4, 0.5) is 0 Å². The molecule has 30 heavy (non-hydrogen) atoms. The molecule has 2 aliphatic heterocycles. The summed E-state index contributed by atoms with van der Waals surface area (Å²) in [4.78, 5) is 0. The number of allylic oxidation sites excluding steroid dienone is 1. The molecule has 0 bridgehead atoms. The largest absolute Gasteiger partial charge is 0.393 e. The molecule has 4 aliphatic carbocycles. The van der Waals surface area contributed by atoms with Crippen LogP contribution in [0.3, 0.4) is 0 Å². The molecule has 2 saturated heterocycles. The van der Waals surface area contributed by atoms with Crippen molar-refractivity contribution in [1.82, 2.24) is 5.32 Å². The SMILES string of the molecule is C[C@@H]1CN[C@H]2[C@@H](C)C3(CC[C@H]4[C@@H]5CC=C6C[C@@H](O)CC[C@]6(C)[C@H]5CC[C@@]43C)O[C@@H]2C1. The van der Waals surface area contributed by atoms with Crippen LogP contribution in [0, 0.1) is 40.4 Å². The fourth-order valence-electron chi connectivity index (χ4n) is 10.00. The van der Waals surface area contributed by atoms with Gasteiger partial charge in [0.05, 0.1) is 17.8 Å². The van der Waals surface area contributed by atoms with Gasteiger partial charge in [-0.3, -0.25) is 0 Å². The fourth-order valence-corrected chi connectivity index (χ4v) is 10.00. The third-order valence-corrected chi connectivity index (χ3v) is 11.6. The highest BCUT2D eigenvalue weighted by Crippen LogP contribution is 2.70. The van der Waals surface area contributed by atoms with Crippen LogP contribution >= 0.6 is 0 Å². The summed E-state index contributed by atoms with van der Waals surface area (Å²) in [7, 11) is 0. The summed E-state index contributed by atoms with van der Waals surface area (Å²) in [5.41, 5.74) is 2.34. The predicted molar refractivity (Wildman–Crippen MR) is 120 cm³/mol. The molecule has 1 unspecified atom stereocenters. The van der Waals surface area contributed by atoms with Gasteiger partial charge in [-0.1, -0.05) is 39.3 Å². The van der Waals surface area contributed by atoms with E-state index < -0.39 is 0 Å². The van der Waals surface area contributed by atoms with E-state index in [0.717, 1.165) is 43.1 Å². The van der Waals surface area contributed by atoms with E-state index in [9.17, 15) is 5.11 Å². The zero-order valence-electron chi connectivity index (χ0n) is 19.6. The summed E-state index contributed by atoms with van der Waals surface area (Å²) < 4.78 is 7.18. The Hall–Kier alpha value is -0.380. The Labute approximate surface area is 183 Å². The molecule has 3 nitrogen and oxygen atoms in total. The van der Waals surface area contributed by atoms with Gasteiger partial charge in [-0.25, -0.2) is 0 Å². The maximum Gasteiger partial charge on any atom is 0.0784 e. The van der Waals surface area contributed by atoms with E-state index >= 15 is 0 Å². The van der Waals surface area contributed by atoms with Crippen LogP contribution in [0.2, 0.25) is 0 Å². The lowest BCUT2D eigenvalue weighted by molar-refractivity contribution is -0.164. The van der Waals surface area contributed by atoms with Crippen molar-refractivity contribution in [2.24, 2.45) is 40.4 Å². The minimum Gasteiger partial charge on any atom is -0.393 e. The zero-order valence-corrected chi connectivity index (χ0v) is 19.6. The average Bonchev–Trinajstić information content (AvgIpc) is 3.17. The van der Waals surface area contributed by atoms with Gasteiger partial charge in [0.25, 0.3) is 0 Å². The molecule has 168 valence electrons. The van der Waals surface area contributed by atoms with Crippen LogP contribution < -0.4 is 5.32 Å². The van der Waals surface area contributed by atoms with E-state index in [-0.39, 0.29) is 11.7 Å². The molecule has 3 saturated carbocycles. The fraction of sp³-hybridized carbons (Fsp3) is 0.926. The van der Waals surface area contributed by atoms with Crippen LogP contribution in [0.1, 0.15) is 85.5 Å². The summed E-state index contributed by atoms with van der Waals surface area (Å²) in [5, 5.41) is 14.2. The molecule has 0 aromatic rings. The number of nitrogens with one attached hydrogen (secondary N) is 1. The number of ether oxygens (including phenoxy) is 1. The van der Waals surface area contributed by atoms with Gasteiger partial charge < -0.3 is 15.2 Å². The van der Waals surface area contributed by atoms with E-state index in [1.54, 1.807) is 5.57 Å². The summed E-state index contributed by atoms with van der Waals surface area (Å²) in [5.74, 6) is 3.79. The molecule has 11 atom stereocenters. The van der Waals surface area contributed by atoms with Crippen molar-refractivity contribution < 1.29 is 9.84 Å². The molecule has 1 spiro atoms. The lowest BCUT2D eigenvalue weighted by Crippen LogP contribution is -2.57. The standard InChI is InChI=1S/C27H43NO2/c1-16-13-23-24(28-15-16)17(2)27(30-23)12-9-22-20-6-5-18-14-19(29)7-10-25(18,3)21(20)8-11-26(22,27)4/h5,16-17,19-24,28-29H,6-15H2,1-4H3/t16-,17+,19-,20+,21-,22-,23+,24-,25-,26-,27?/m0/s1. The van der Waals surface area contributed by atoms with Gasteiger partial charge in [-0.05, 0) is 93.4 Å². The maximum atomic E-state index is 10.3. The molecule has 0 radical (unpaired) electrons. The van der Waals surface area contributed by atoms with E-state index in [4.69, 9.17) is 4.74 Å². The van der Waals surface area contributed by atoms with Gasteiger partial charge >= 0.3 is 0 Å². The van der Waals surface area contributed by atoms with Gasteiger partial charge in [0.2, 0.25) is 0 Å². The number of aliphatic hydroxyl groups is 1. The van der Waals surface area contributed by atoms with Crippen molar-refractivity contribution in [3.63, 3.8) is 0 Å². The van der Waals surface area contributed by atoms with Gasteiger partial charge in [-0.15, -0.1) is 0 Å². The summed E-state index contributed by atoms with van der Waals surface area (Å²) in [6, 6.07) is 0.560. The summed E-state index contributed by atoms with van der Waals surface area (Å²) in [6.07, 6.45) is 13.8. The Morgan fingerprint density at radius 1 is 1.07 bits per heavy atom. The van der Waals surface area contributed by atoms with Gasteiger partial charge in [0.1, 0.15) is 0 Å². The molecule has 2 N–H and O–H groups in total. The molecule has 0 aromatic heterocycles. The van der Waals surface area contributed by atoms with Crippen LogP contribution in [-0.2, 0) is 4.74 Å². The molecular weight excluding hydrogens is 370 g/mol. The van der Waals surface area contributed by atoms with Crippen molar-refractivity contribution >= 4 is 0 Å². The number of hydrogen-bond donors (Lipinski definition) is 2. The molecule has 0 amide bonds. The summed E-state index contributed by atoms with van der Waals surface area (Å²) >= 11 is 0. The van der Waals surface area contributed by atoms with Crippen LogP contribution in [0.5, 0.6) is 0 Å². The van der Waals surface area contributed by atoms with E-state index in [1.807, 2.05) is 0 Å². The van der Waals surface area contributed by atoms with Crippen molar-refractivity contribution in [2.45, 2.75) is 109 Å². The van der Waals surface area contributed by atoms with Gasteiger partial charge in [-0.2, -0.15) is 0 Å². The minimum atomic E-state index is -0.101. The normalized spacial score (nSPS) is 59.8. The molecule has 6 rings (SSSR count). The lowest BCUT2D eigenvalue weighted by atomic mass is 9.46. The number of piperidine rings is 1. The second kappa shape index (κ2) is 6.58. The average molecular weight is 414 g/mol. The van der Waals surface area contributed by atoms with E-state index in [0.29, 0.717) is 28.9 Å². The third-order valence-electron chi connectivity index (χ3n) is 11.6. The highest BCUT2D eigenvalue weighted by Gasteiger charge is 2.70. The minimum absolute atomic E-state index is 0.0860. The third kappa shape index (κ3) is 2.44. The number of rotatable bonds is 0. The van der Waals surface area contributed by atoms with Gasteiger partial charge in [0.15, 0.2) is 0 Å². The van der Waals surface area contributed by atoms with Crippen LogP contribution in [0.15, 0.2) is 11.6 Å². The first-order valence-electron chi connectivity index (χ1n) is 13.1. The second-order valence-corrected chi connectivity index (χ2v) is 12.8. The Morgan fingerprint density at radius 2 is 1.87 bits per heavy atom. The Balaban J connectivity index is 1.32. The first-order chi connectivity index (χ1) is 14.3. The molecule has 5 fully saturated rings. The molecule has 6 aliphatic rings. The van der Waals surface area contributed by atoms with Crippen molar-refractivity contribution in [3.05, 3.63) is 11.6 Å². The smallest absolute Gasteiger partial charge is 0.0784 e. The van der Waals surface area contributed by atoms with Crippen LogP contribution in [0.25, 0.3) is 0 Å². The van der Waals surface area contributed by atoms with E-state index in [2.05, 4.69) is 39.1 Å². The number of fused-ring (bicyclic) bond motifs is 7. The molecular formula is C27H43NO2. The van der Waals surface area contributed by atoms with Crippen LogP contribution in [-0.4, -0.2) is 35.5 Å². The Morgan fingerprint density at radius 3 is 2.70 bits per heavy atom. The number of aliphatic hydroxyl groups excluding tert-OH is 1. The quantitative estimate of drug-likeness (QED) is 0.544. The second-order valence-electron chi connectivity index (χ2n) is 12.8. The van der Waals surface area contributed by atoms with Gasteiger partial charge in [0, 0.05) is 17.4 Å².